The Morgan fingerprint density at radius 2 is 2.00 bits per heavy atom. The lowest BCUT2D eigenvalue weighted by molar-refractivity contribution is 0.312. The molecule has 0 saturated carbocycles. The van der Waals surface area contributed by atoms with E-state index in [0.717, 1.165) is 37.0 Å². The number of hydrogen-bond donors (Lipinski definition) is 0. The van der Waals surface area contributed by atoms with Crippen LogP contribution in [0.2, 0.25) is 0 Å². The first-order chi connectivity index (χ1) is 8.26. The van der Waals surface area contributed by atoms with Gasteiger partial charge in [-0.25, -0.2) is 9.97 Å². The summed E-state index contributed by atoms with van der Waals surface area (Å²) in [5.41, 5.74) is 0.601. The monoisotopic (exact) mass is 249 g/mol. The van der Waals surface area contributed by atoms with Gasteiger partial charge in [-0.1, -0.05) is 0 Å². The lowest BCUT2D eigenvalue weighted by atomic mass is 10.2. The molecule has 90 valence electrons. The van der Waals surface area contributed by atoms with Crippen molar-refractivity contribution in [3.8, 4) is 6.07 Å². The molecule has 0 amide bonds. The zero-order valence-corrected chi connectivity index (χ0v) is 10.9. The van der Waals surface area contributed by atoms with E-state index in [4.69, 9.17) is 0 Å². The molecular formula is C11H15N5S. The molecule has 0 unspecified atom stereocenters. The lowest BCUT2D eigenvalue weighted by Crippen LogP contribution is -2.45. The number of anilines is 1. The van der Waals surface area contributed by atoms with Crippen LogP contribution < -0.4 is 4.90 Å². The topological polar surface area (TPSA) is 56.1 Å². The maximum absolute atomic E-state index is 9.23. The fraction of sp³-hybridized carbons (Fsp3) is 0.545. The van der Waals surface area contributed by atoms with E-state index >= 15 is 0 Å². The summed E-state index contributed by atoms with van der Waals surface area (Å²) in [4.78, 5) is 12.8. The van der Waals surface area contributed by atoms with Crippen LogP contribution in [0.25, 0.3) is 0 Å². The smallest absolute Gasteiger partial charge is 0.151 e. The largest absolute Gasteiger partial charge is 0.353 e. The predicted molar refractivity (Wildman–Crippen MR) is 68.2 cm³/mol. The normalized spacial score (nSPS) is 16.9. The molecule has 2 heterocycles. The van der Waals surface area contributed by atoms with Crippen molar-refractivity contribution in [2.75, 3.05) is 44.4 Å². The highest BCUT2D eigenvalue weighted by atomic mass is 32.2. The van der Waals surface area contributed by atoms with Crippen LogP contribution in [0.1, 0.15) is 5.56 Å². The van der Waals surface area contributed by atoms with Crippen LogP contribution in [0.15, 0.2) is 11.4 Å². The molecule has 17 heavy (non-hydrogen) atoms. The maximum Gasteiger partial charge on any atom is 0.151 e. The van der Waals surface area contributed by atoms with E-state index in [1.165, 1.54) is 11.8 Å². The van der Waals surface area contributed by atoms with Gasteiger partial charge in [-0.15, -0.1) is 11.8 Å². The molecule has 0 atom stereocenters. The van der Waals surface area contributed by atoms with Crippen molar-refractivity contribution in [2.24, 2.45) is 0 Å². The van der Waals surface area contributed by atoms with Gasteiger partial charge in [-0.2, -0.15) is 5.26 Å². The number of thioether (sulfide) groups is 1. The van der Waals surface area contributed by atoms with Gasteiger partial charge < -0.3 is 9.80 Å². The van der Waals surface area contributed by atoms with E-state index in [0.29, 0.717) is 5.56 Å². The number of hydrogen-bond acceptors (Lipinski definition) is 6. The molecule has 0 aliphatic carbocycles. The van der Waals surface area contributed by atoms with Crippen LogP contribution in [-0.2, 0) is 0 Å². The molecule has 0 spiro atoms. The first kappa shape index (κ1) is 12.1. The van der Waals surface area contributed by atoms with Gasteiger partial charge in [0.05, 0.1) is 0 Å². The van der Waals surface area contributed by atoms with Crippen molar-refractivity contribution >= 4 is 17.6 Å². The van der Waals surface area contributed by atoms with E-state index < -0.39 is 0 Å². The Morgan fingerprint density at radius 3 is 2.59 bits per heavy atom. The fourth-order valence-electron chi connectivity index (χ4n) is 1.87. The maximum atomic E-state index is 9.23. The molecule has 2 rings (SSSR count). The van der Waals surface area contributed by atoms with Crippen molar-refractivity contribution in [3.63, 3.8) is 0 Å². The average molecular weight is 249 g/mol. The Balaban J connectivity index is 2.29. The van der Waals surface area contributed by atoms with Gasteiger partial charge in [0.25, 0.3) is 0 Å². The predicted octanol–water partition coefficient (Wildman–Crippen LogP) is 0.822. The SMILES string of the molecule is CSc1ncnc(N2CCN(C)CC2)c1C#N. The molecule has 0 aromatic carbocycles. The van der Waals surface area contributed by atoms with Crippen molar-refractivity contribution in [1.82, 2.24) is 14.9 Å². The molecular weight excluding hydrogens is 234 g/mol. The molecule has 1 aromatic heterocycles. The second-order valence-electron chi connectivity index (χ2n) is 3.98. The van der Waals surface area contributed by atoms with Gasteiger partial charge in [0, 0.05) is 26.2 Å². The van der Waals surface area contributed by atoms with E-state index in [1.807, 2.05) is 6.26 Å². The van der Waals surface area contributed by atoms with E-state index in [-0.39, 0.29) is 0 Å². The molecule has 1 aromatic rings. The van der Waals surface area contributed by atoms with E-state index in [1.54, 1.807) is 6.33 Å². The molecule has 0 bridgehead atoms. The molecule has 0 N–H and O–H groups in total. The minimum atomic E-state index is 0.601. The molecule has 1 aliphatic rings. The second kappa shape index (κ2) is 5.34. The summed E-state index contributed by atoms with van der Waals surface area (Å²) in [7, 11) is 2.11. The Labute approximate surface area is 105 Å². The zero-order chi connectivity index (χ0) is 12.3. The third kappa shape index (κ3) is 2.51. The van der Waals surface area contributed by atoms with Gasteiger partial charge in [0.2, 0.25) is 0 Å². The summed E-state index contributed by atoms with van der Waals surface area (Å²) >= 11 is 1.49. The van der Waals surface area contributed by atoms with E-state index in [9.17, 15) is 5.26 Å². The van der Waals surface area contributed by atoms with Crippen molar-refractivity contribution in [1.29, 1.82) is 5.26 Å². The average Bonchev–Trinajstić information content (AvgIpc) is 2.38. The van der Waals surface area contributed by atoms with Crippen LogP contribution >= 0.6 is 11.8 Å². The third-order valence-corrected chi connectivity index (χ3v) is 3.60. The summed E-state index contributed by atoms with van der Waals surface area (Å²) in [6.07, 6.45) is 3.47. The molecule has 5 nitrogen and oxygen atoms in total. The quantitative estimate of drug-likeness (QED) is 0.571. The summed E-state index contributed by atoms with van der Waals surface area (Å²) in [5, 5.41) is 9.99. The van der Waals surface area contributed by atoms with Crippen LogP contribution in [0, 0.1) is 11.3 Å². The van der Waals surface area contributed by atoms with Crippen LogP contribution in [-0.4, -0.2) is 54.4 Å². The summed E-state index contributed by atoms with van der Waals surface area (Å²) in [5.74, 6) is 0.778. The minimum absolute atomic E-state index is 0.601. The summed E-state index contributed by atoms with van der Waals surface area (Å²) in [6, 6.07) is 2.22. The molecule has 0 radical (unpaired) electrons. The van der Waals surface area contributed by atoms with Crippen LogP contribution in [0.3, 0.4) is 0 Å². The van der Waals surface area contributed by atoms with Gasteiger partial charge in [0.15, 0.2) is 5.82 Å². The second-order valence-corrected chi connectivity index (χ2v) is 4.78. The summed E-state index contributed by atoms with van der Waals surface area (Å²) in [6.45, 7) is 3.83. The molecule has 1 aliphatic heterocycles. The van der Waals surface area contributed by atoms with Crippen molar-refractivity contribution in [2.45, 2.75) is 5.03 Å². The van der Waals surface area contributed by atoms with E-state index in [2.05, 4.69) is 32.9 Å². The minimum Gasteiger partial charge on any atom is -0.353 e. The number of nitriles is 1. The number of aromatic nitrogens is 2. The van der Waals surface area contributed by atoms with Gasteiger partial charge >= 0.3 is 0 Å². The highest BCUT2D eigenvalue weighted by Gasteiger charge is 2.20. The van der Waals surface area contributed by atoms with Gasteiger partial charge in [-0.3, -0.25) is 0 Å². The fourth-order valence-corrected chi connectivity index (χ4v) is 2.36. The summed E-state index contributed by atoms with van der Waals surface area (Å²) < 4.78 is 0. The number of rotatable bonds is 2. The highest BCUT2D eigenvalue weighted by molar-refractivity contribution is 7.98. The Bertz CT molecular complexity index is 434. The van der Waals surface area contributed by atoms with Crippen LogP contribution in [0.5, 0.6) is 0 Å². The standard InChI is InChI=1S/C11H15N5S/c1-15-3-5-16(6-4-15)10-9(7-12)11(17-2)14-8-13-10/h8H,3-6H2,1-2H3. The number of likely N-dealkylation sites (N-methyl/N-ethyl adjacent to an activating group) is 1. The first-order valence-electron chi connectivity index (χ1n) is 5.49. The van der Waals surface area contributed by atoms with Gasteiger partial charge in [0.1, 0.15) is 23.0 Å². The highest BCUT2D eigenvalue weighted by Crippen LogP contribution is 2.25. The first-order valence-corrected chi connectivity index (χ1v) is 6.71. The Kier molecular flexibility index (Phi) is 3.82. The molecule has 1 fully saturated rings. The third-order valence-electron chi connectivity index (χ3n) is 2.90. The van der Waals surface area contributed by atoms with Crippen LogP contribution in [0.4, 0.5) is 5.82 Å². The zero-order valence-electron chi connectivity index (χ0n) is 10.1. The Hall–Kier alpha value is -1.32. The Morgan fingerprint density at radius 1 is 1.29 bits per heavy atom. The van der Waals surface area contributed by atoms with Gasteiger partial charge in [-0.05, 0) is 13.3 Å². The molecule has 6 heteroatoms. The van der Waals surface area contributed by atoms with Crippen molar-refractivity contribution < 1.29 is 0 Å². The molecule has 1 saturated heterocycles. The number of nitrogens with zero attached hydrogens (tertiary/aromatic N) is 5. The lowest BCUT2D eigenvalue weighted by Gasteiger charge is -2.33. The number of piperazine rings is 1. The van der Waals surface area contributed by atoms with Crippen molar-refractivity contribution in [3.05, 3.63) is 11.9 Å².